The Morgan fingerprint density at radius 1 is 1.36 bits per heavy atom. The maximum atomic E-state index is 6.86. The lowest BCUT2D eigenvalue weighted by Crippen LogP contribution is -1.74. The third-order valence-corrected chi connectivity index (χ3v) is 2.20. The van der Waals surface area contributed by atoms with Gasteiger partial charge in [0.2, 0.25) is 0 Å². The van der Waals surface area contributed by atoms with Crippen LogP contribution in [0.4, 0.5) is 0 Å². The molecule has 0 fully saturated rings. The third-order valence-electron chi connectivity index (χ3n) is 1.31. The fourth-order valence-electron chi connectivity index (χ4n) is 0.801. The van der Waals surface area contributed by atoms with Crippen LogP contribution in [0.1, 0.15) is 12.5 Å². The molecule has 0 unspecified atom stereocenters. The van der Waals surface area contributed by atoms with E-state index in [4.69, 9.17) is 6.42 Å². The van der Waals surface area contributed by atoms with Crippen LogP contribution >= 0.6 is 11.8 Å². The standard InChI is InChI=1S/C10H9S/c1-3-9-5-7-10(8-6-9)11-4-2/h5-8H,4H2,2H3. The Bertz CT molecular complexity index is 253. The number of hydrogen-bond donors (Lipinski definition) is 0. The molecule has 1 radical (unpaired) electrons. The number of rotatable bonds is 2. The van der Waals surface area contributed by atoms with Crippen molar-refractivity contribution in [2.45, 2.75) is 11.8 Å². The number of hydrogen-bond acceptors (Lipinski definition) is 1. The molecule has 0 spiro atoms. The zero-order chi connectivity index (χ0) is 8.10. The van der Waals surface area contributed by atoms with Crippen molar-refractivity contribution in [1.29, 1.82) is 0 Å². The van der Waals surface area contributed by atoms with E-state index in [9.17, 15) is 0 Å². The topological polar surface area (TPSA) is 0 Å². The average molecular weight is 161 g/mol. The van der Waals surface area contributed by atoms with E-state index in [1.165, 1.54) is 4.90 Å². The highest BCUT2D eigenvalue weighted by Crippen LogP contribution is 2.17. The molecule has 11 heavy (non-hydrogen) atoms. The quantitative estimate of drug-likeness (QED) is 0.474. The van der Waals surface area contributed by atoms with Crippen LogP contribution in [0, 0.1) is 12.3 Å². The van der Waals surface area contributed by atoms with Gasteiger partial charge < -0.3 is 0 Å². The van der Waals surface area contributed by atoms with E-state index in [-0.39, 0.29) is 0 Å². The molecule has 0 saturated carbocycles. The molecule has 0 bridgehead atoms. The van der Waals surface area contributed by atoms with E-state index in [1.807, 2.05) is 24.3 Å². The van der Waals surface area contributed by atoms with Gasteiger partial charge in [0.1, 0.15) is 0 Å². The smallest absolute Gasteiger partial charge is 0.0256 e. The molecule has 0 aliphatic carbocycles. The van der Waals surface area contributed by atoms with Gasteiger partial charge in [-0.15, -0.1) is 11.8 Å². The summed E-state index contributed by atoms with van der Waals surface area (Å²) in [4.78, 5) is 1.26. The molecule has 0 aliphatic heterocycles. The SMILES string of the molecule is [C]#Cc1ccc(SCC)cc1. The highest BCUT2D eigenvalue weighted by Gasteiger charge is 1.90. The lowest BCUT2D eigenvalue weighted by molar-refractivity contribution is 1.42. The lowest BCUT2D eigenvalue weighted by atomic mass is 10.2. The van der Waals surface area contributed by atoms with Gasteiger partial charge in [-0.3, -0.25) is 0 Å². The van der Waals surface area contributed by atoms with Crippen LogP contribution in [-0.4, -0.2) is 5.75 Å². The van der Waals surface area contributed by atoms with Crippen LogP contribution in [0.25, 0.3) is 0 Å². The van der Waals surface area contributed by atoms with Gasteiger partial charge in [0, 0.05) is 10.5 Å². The predicted molar refractivity (Wildman–Crippen MR) is 49.1 cm³/mol. The summed E-state index contributed by atoms with van der Waals surface area (Å²) < 4.78 is 0. The molecule has 0 atom stereocenters. The van der Waals surface area contributed by atoms with E-state index >= 15 is 0 Å². The van der Waals surface area contributed by atoms with Crippen molar-refractivity contribution >= 4 is 11.8 Å². The first kappa shape index (κ1) is 8.23. The molecule has 0 aliphatic rings. The summed E-state index contributed by atoms with van der Waals surface area (Å²) in [5.41, 5.74) is 0.838. The molecule has 0 nitrogen and oxygen atoms in total. The molecule has 0 amide bonds. The summed E-state index contributed by atoms with van der Waals surface area (Å²) in [5.74, 6) is 3.43. The molecule has 1 rings (SSSR count). The van der Waals surface area contributed by atoms with E-state index in [1.54, 1.807) is 11.8 Å². The van der Waals surface area contributed by atoms with Crippen LogP contribution in [0.2, 0.25) is 0 Å². The van der Waals surface area contributed by atoms with Gasteiger partial charge in [-0.2, -0.15) is 0 Å². The molecule has 1 heteroatoms. The first-order chi connectivity index (χ1) is 5.36. The van der Waals surface area contributed by atoms with E-state index < -0.39 is 0 Å². The van der Waals surface area contributed by atoms with E-state index in [2.05, 4.69) is 12.8 Å². The largest absolute Gasteiger partial charge is 0.126 e. The number of benzene rings is 1. The zero-order valence-corrected chi connectivity index (χ0v) is 7.24. The van der Waals surface area contributed by atoms with Crippen LogP contribution in [-0.2, 0) is 0 Å². The second-order valence-electron chi connectivity index (χ2n) is 2.08. The van der Waals surface area contributed by atoms with Gasteiger partial charge in [0.25, 0.3) is 0 Å². The minimum absolute atomic E-state index is 0.838. The maximum absolute atomic E-state index is 6.86. The van der Waals surface area contributed by atoms with E-state index in [0.717, 1.165) is 11.3 Å². The minimum Gasteiger partial charge on any atom is -0.126 e. The molecular formula is C10H9S. The zero-order valence-electron chi connectivity index (χ0n) is 6.42. The minimum atomic E-state index is 0.838. The van der Waals surface area contributed by atoms with Crippen molar-refractivity contribution < 1.29 is 0 Å². The molecule has 0 heterocycles. The number of thioether (sulfide) groups is 1. The van der Waals surface area contributed by atoms with Gasteiger partial charge >= 0.3 is 0 Å². The molecule has 1 aromatic rings. The lowest BCUT2D eigenvalue weighted by Gasteiger charge is -1.96. The summed E-state index contributed by atoms with van der Waals surface area (Å²) in [6.45, 7) is 2.13. The molecule has 0 N–H and O–H groups in total. The first-order valence-electron chi connectivity index (χ1n) is 3.52. The second kappa shape index (κ2) is 4.10. The van der Waals surface area contributed by atoms with Gasteiger partial charge in [-0.1, -0.05) is 12.8 Å². The van der Waals surface area contributed by atoms with Crippen molar-refractivity contribution in [3.05, 3.63) is 36.3 Å². The van der Waals surface area contributed by atoms with Crippen molar-refractivity contribution in [3.63, 3.8) is 0 Å². The summed E-state index contributed by atoms with van der Waals surface area (Å²) >= 11 is 1.81. The van der Waals surface area contributed by atoms with Crippen LogP contribution in [0.3, 0.4) is 0 Å². The Hall–Kier alpha value is -0.870. The normalized spacial score (nSPS) is 9.09. The second-order valence-corrected chi connectivity index (χ2v) is 3.42. The van der Waals surface area contributed by atoms with Crippen LogP contribution in [0.5, 0.6) is 0 Å². The highest BCUT2D eigenvalue weighted by molar-refractivity contribution is 7.99. The molecular weight excluding hydrogens is 152 g/mol. The van der Waals surface area contributed by atoms with Crippen molar-refractivity contribution in [1.82, 2.24) is 0 Å². The summed E-state index contributed by atoms with van der Waals surface area (Å²) in [6.07, 6.45) is 6.86. The summed E-state index contributed by atoms with van der Waals surface area (Å²) in [6, 6.07) is 7.85. The molecule has 55 valence electrons. The summed E-state index contributed by atoms with van der Waals surface area (Å²) in [5, 5.41) is 0. The van der Waals surface area contributed by atoms with Crippen molar-refractivity contribution in [3.8, 4) is 5.92 Å². The van der Waals surface area contributed by atoms with E-state index in [0.29, 0.717) is 0 Å². The van der Waals surface area contributed by atoms with Crippen LogP contribution < -0.4 is 0 Å². The Balaban J connectivity index is 2.76. The van der Waals surface area contributed by atoms with Crippen molar-refractivity contribution in [2.24, 2.45) is 0 Å². The van der Waals surface area contributed by atoms with Gasteiger partial charge in [0.15, 0.2) is 0 Å². The first-order valence-corrected chi connectivity index (χ1v) is 4.51. The monoisotopic (exact) mass is 161 g/mol. The highest BCUT2D eigenvalue weighted by atomic mass is 32.2. The summed E-state index contributed by atoms with van der Waals surface area (Å²) in [7, 11) is 0. The molecule has 0 aromatic heterocycles. The Morgan fingerprint density at radius 3 is 2.45 bits per heavy atom. The molecule has 1 aromatic carbocycles. The third kappa shape index (κ3) is 2.32. The Kier molecular flexibility index (Phi) is 3.07. The molecule has 0 saturated heterocycles. The average Bonchev–Trinajstić information content (AvgIpc) is 2.07. The fraction of sp³-hybridized carbons (Fsp3) is 0.200. The van der Waals surface area contributed by atoms with Gasteiger partial charge in [-0.05, 0) is 36.4 Å². The maximum Gasteiger partial charge on any atom is 0.0256 e. The Morgan fingerprint density at radius 2 is 2.00 bits per heavy atom. The predicted octanol–water partition coefficient (Wildman–Crippen LogP) is 2.74. The van der Waals surface area contributed by atoms with Crippen molar-refractivity contribution in [2.75, 3.05) is 5.75 Å². The van der Waals surface area contributed by atoms with Gasteiger partial charge in [0.05, 0.1) is 0 Å². The van der Waals surface area contributed by atoms with Crippen LogP contribution in [0.15, 0.2) is 29.2 Å². The van der Waals surface area contributed by atoms with Gasteiger partial charge in [-0.25, -0.2) is 0 Å². The fourth-order valence-corrected chi connectivity index (χ4v) is 1.46. The Labute approximate surface area is 72.0 Å².